The fourth-order valence-electron chi connectivity index (χ4n) is 4.09. The fourth-order valence-corrected chi connectivity index (χ4v) is 4.09. The van der Waals surface area contributed by atoms with Gasteiger partial charge in [0, 0.05) is 6.07 Å². The zero-order valence-corrected chi connectivity index (χ0v) is 16.7. The number of hydrogen-bond donors (Lipinski definition) is 0. The first-order valence-corrected chi connectivity index (χ1v) is 10.2. The van der Waals surface area contributed by atoms with E-state index in [1.165, 1.54) is 0 Å². The molecule has 1 nitrogen and oxygen atoms in total. The molecule has 2 aromatic rings. The molecule has 0 aromatic heterocycles. The molecular weight excluding hydrogens is 406 g/mol. The Bertz CT molecular complexity index is 851. The lowest BCUT2D eigenvalue weighted by molar-refractivity contribution is -0.189. The Kier molecular flexibility index (Phi) is 6.98. The number of hydrogen-bond acceptors (Lipinski definition) is 1. The molecule has 0 radical (unpaired) electrons. The predicted molar refractivity (Wildman–Crippen MR) is 101 cm³/mol. The lowest BCUT2D eigenvalue weighted by Crippen LogP contribution is -2.25. The highest BCUT2D eigenvalue weighted by molar-refractivity contribution is 5.31. The van der Waals surface area contributed by atoms with E-state index in [-0.39, 0.29) is 0 Å². The molecule has 0 N–H and O–H groups in total. The average Bonchev–Trinajstić information content (AvgIpc) is 2.68. The van der Waals surface area contributed by atoms with Crippen molar-refractivity contribution >= 4 is 0 Å². The van der Waals surface area contributed by atoms with Crippen molar-refractivity contribution in [3.8, 4) is 5.75 Å². The molecule has 30 heavy (non-hydrogen) atoms. The summed E-state index contributed by atoms with van der Waals surface area (Å²) in [5, 5.41) is 0. The van der Waals surface area contributed by atoms with Gasteiger partial charge < -0.3 is 4.74 Å². The van der Waals surface area contributed by atoms with E-state index in [0.717, 1.165) is 62.6 Å². The fraction of sp³-hybridized carbons (Fsp3) is 0.478. The summed E-state index contributed by atoms with van der Waals surface area (Å²) in [5.41, 5.74) is -1.26. The number of alkyl halides is 2. The maximum Gasteiger partial charge on any atom is 0.432 e. The largest absolute Gasteiger partial charge is 0.432 e. The Balaban J connectivity index is 1.69. The van der Waals surface area contributed by atoms with Crippen LogP contribution in [0.25, 0.3) is 0 Å². The summed E-state index contributed by atoms with van der Waals surface area (Å²) < 4.78 is 87.9. The standard InChI is InChI=1S/C23H24F6O/c1-2-14-3-5-15(6-4-14)7-8-16-11-20(26)22(21(27)12-16)23(28,29)30-17-9-10-18(24)19(25)13-17/h9-15H,2-8H2,1H3. The zero-order valence-electron chi connectivity index (χ0n) is 16.7. The van der Waals surface area contributed by atoms with Crippen LogP contribution < -0.4 is 4.74 Å². The molecule has 0 unspecified atom stereocenters. The van der Waals surface area contributed by atoms with Gasteiger partial charge in [-0.25, -0.2) is 17.6 Å². The quantitative estimate of drug-likeness (QED) is 0.413. The Labute approximate surface area is 172 Å². The van der Waals surface area contributed by atoms with Gasteiger partial charge in [-0.15, -0.1) is 0 Å². The van der Waals surface area contributed by atoms with Gasteiger partial charge in [0.1, 0.15) is 22.9 Å². The average molecular weight is 430 g/mol. The molecule has 1 aliphatic carbocycles. The second-order valence-corrected chi connectivity index (χ2v) is 7.96. The van der Waals surface area contributed by atoms with E-state index in [9.17, 15) is 26.3 Å². The third-order valence-electron chi connectivity index (χ3n) is 5.91. The molecule has 0 atom stereocenters. The van der Waals surface area contributed by atoms with Crippen molar-refractivity contribution in [2.45, 2.75) is 58.0 Å². The number of rotatable bonds is 7. The van der Waals surface area contributed by atoms with E-state index in [1.807, 2.05) is 0 Å². The SMILES string of the molecule is CCC1CCC(CCc2cc(F)c(C(F)(F)Oc3ccc(F)c(F)c3)c(F)c2)CC1. The Morgan fingerprint density at radius 2 is 1.43 bits per heavy atom. The van der Waals surface area contributed by atoms with Gasteiger partial charge in [0.15, 0.2) is 11.6 Å². The molecule has 164 valence electrons. The molecule has 7 heteroatoms. The second kappa shape index (κ2) is 9.31. The number of benzene rings is 2. The summed E-state index contributed by atoms with van der Waals surface area (Å²) in [4.78, 5) is 0. The van der Waals surface area contributed by atoms with Crippen LogP contribution in [0, 0.1) is 35.1 Å². The molecular formula is C23H24F6O. The molecule has 1 saturated carbocycles. The van der Waals surface area contributed by atoms with Crippen LogP contribution >= 0.6 is 0 Å². The third-order valence-corrected chi connectivity index (χ3v) is 5.91. The number of ether oxygens (including phenoxy) is 1. The Morgan fingerprint density at radius 1 is 0.833 bits per heavy atom. The summed E-state index contributed by atoms with van der Waals surface area (Å²) in [7, 11) is 0. The van der Waals surface area contributed by atoms with Crippen LogP contribution in [-0.2, 0) is 12.5 Å². The van der Waals surface area contributed by atoms with E-state index in [1.54, 1.807) is 0 Å². The highest BCUT2D eigenvalue weighted by Gasteiger charge is 2.41. The number of halogens is 6. The minimum atomic E-state index is -4.39. The summed E-state index contributed by atoms with van der Waals surface area (Å²) in [5.74, 6) is -5.07. The topological polar surface area (TPSA) is 9.23 Å². The van der Waals surface area contributed by atoms with E-state index in [4.69, 9.17) is 0 Å². The van der Waals surface area contributed by atoms with Gasteiger partial charge in [0.25, 0.3) is 0 Å². The van der Waals surface area contributed by atoms with Crippen molar-refractivity contribution in [1.82, 2.24) is 0 Å². The van der Waals surface area contributed by atoms with Crippen molar-refractivity contribution < 1.29 is 31.1 Å². The van der Waals surface area contributed by atoms with Crippen molar-refractivity contribution in [3.05, 3.63) is 64.7 Å². The van der Waals surface area contributed by atoms with Crippen LogP contribution in [-0.4, -0.2) is 0 Å². The van der Waals surface area contributed by atoms with Crippen LogP contribution in [0.1, 0.15) is 56.6 Å². The molecule has 0 spiro atoms. The molecule has 0 bridgehead atoms. The maximum atomic E-state index is 14.4. The van der Waals surface area contributed by atoms with Gasteiger partial charge in [-0.3, -0.25) is 0 Å². The van der Waals surface area contributed by atoms with Crippen LogP contribution in [0.4, 0.5) is 26.3 Å². The highest BCUT2D eigenvalue weighted by atomic mass is 19.3. The van der Waals surface area contributed by atoms with Gasteiger partial charge >= 0.3 is 6.11 Å². The van der Waals surface area contributed by atoms with E-state index in [0.29, 0.717) is 30.0 Å². The lowest BCUT2D eigenvalue weighted by Gasteiger charge is -2.27. The van der Waals surface area contributed by atoms with Gasteiger partial charge in [0.2, 0.25) is 0 Å². The lowest BCUT2D eigenvalue weighted by atomic mass is 9.78. The Morgan fingerprint density at radius 3 is 2.00 bits per heavy atom. The van der Waals surface area contributed by atoms with Crippen LogP contribution in [0.2, 0.25) is 0 Å². The van der Waals surface area contributed by atoms with Crippen LogP contribution in [0.3, 0.4) is 0 Å². The second-order valence-electron chi connectivity index (χ2n) is 7.96. The highest BCUT2D eigenvalue weighted by Crippen LogP contribution is 2.37. The minimum absolute atomic E-state index is 0.301. The predicted octanol–water partition coefficient (Wildman–Crippen LogP) is 7.52. The molecule has 0 aliphatic heterocycles. The first kappa shape index (κ1) is 22.5. The van der Waals surface area contributed by atoms with E-state index in [2.05, 4.69) is 11.7 Å². The maximum absolute atomic E-state index is 14.4. The number of aryl methyl sites for hydroxylation is 1. The van der Waals surface area contributed by atoms with E-state index < -0.39 is 40.7 Å². The monoisotopic (exact) mass is 430 g/mol. The van der Waals surface area contributed by atoms with Crippen molar-refractivity contribution in [2.75, 3.05) is 0 Å². The van der Waals surface area contributed by atoms with Gasteiger partial charge in [-0.05, 0) is 54.5 Å². The molecule has 1 aliphatic rings. The van der Waals surface area contributed by atoms with Crippen molar-refractivity contribution in [2.24, 2.45) is 11.8 Å². The smallest absolute Gasteiger partial charge is 0.429 e. The van der Waals surface area contributed by atoms with Crippen molar-refractivity contribution in [1.29, 1.82) is 0 Å². The van der Waals surface area contributed by atoms with E-state index >= 15 is 0 Å². The Hall–Kier alpha value is -2.18. The molecule has 1 fully saturated rings. The minimum Gasteiger partial charge on any atom is -0.429 e. The molecule has 0 heterocycles. The van der Waals surface area contributed by atoms with Gasteiger partial charge in [0.05, 0.1) is 0 Å². The summed E-state index contributed by atoms with van der Waals surface area (Å²) in [6.07, 6.45) is 2.35. The van der Waals surface area contributed by atoms with Gasteiger partial charge in [-0.1, -0.05) is 39.0 Å². The molecule has 3 rings (SSSR count). The van der Waals surface area contributed by atoms with Crippen LogP contribution in [0.15, 0.2) is 30.3 Å². The molecule has 2 aromatic carbocycles. The molecule has 0 saturated heterocycles. The summed E-state index contributed by atoms with van der Waals surface area (Å²) >= 11 is 0. The first-order valence-electron chi connectivity index (χ1n) is 10.2. The summed E-state index contributed by atoms with van der Waals surface area (Å²) in [6, 6.07) is 3.51. The normalized spacial score (nSPS) is 19.7. The first-order chi connectivity index (χ1) is 14.2. The van der Waals surface area contributed by atoms with Crippen LogP contribution in [0.5, 0.6) is 5.75 Å². The van der Waals surface area contributed by atoms with Crippen molar-refractivity contribution in [3.63, 3.8) is 0 Å². The third kappa shape index (κ3) is 5.29. The summed E-state index contributed by atoms with van der Waals surface area (Å²) in [6.45, 7) is 2.17. The molecule has 0 amide bonds. The zero-order chi connectivity index (χ0) is 21.9. The van der Waals surface area contributed by atoms with Gasteiger partial charge in [-0.2, -0.15) is 8.78 Å².